The fraction of sp³-hybridized carbons (Fsp3) is 0.417. The van der Waals surface area contributed by atoms with Crippen molar-refractivity contribution in [1.82, 2.24) is 5.32 Å². The van der Waals surface area contributed by atoms with Crippen molar-refractivity contribution in [3.8, 4) is 0 Å². The summed E-state index contributed by atoms with van der Waals surface area (Å²) in [5, 5.41) is 2.73. The third-order valence-electron chi connectivity index (χ3n) is 3.14. The van der Waals surface area contributed by atoms with Crippen LogP contribution in [0.5, 0.6) is 0 Å². The van der Waals surface area contributed by atoms with Crippen molar-refractivity contribution < 1.29 is 13.6 Å². The molecule has 1 saturated heterocycles. The number of hydrogen-bond donors (Lipinski definition) is 1. The highest BCUT2D eigenvalue weighted by Crippen LogP contribution is 2.31. The summed E-state index contributed by atoms with van der Waals surface area (Å²) in [4.78, 5) is 11.1. The van der Waals surface area contributed by atoms with Gasteiger partial charge in [-0.2, -0.15) is 0 Å². The van der Waals surface area contributed by atoms with E-state index in [9.17, 15) is 13.6 Å². The fourth-order valence-electron chi connectivity index (χ4n) is 2.01. The maximum Gasteiger partial charge on any atom is 0.220 e. The van der Waals surface area contributed by atoms with Crippen LogP contribution >= 0.6 is 0 Å². The predicted molar refractivity (Wildman–Crippen MR) is 56.0 cm³/mol. The third-order valence-corrected chi connectivity index (χ3v) is 3.14. The maximum absolute atomic E-state index is 13.1. The van der Waals surface area contributed by atoms with Gasteiger partial charge in [-0.1, -0.05) is 6.92 Å². The van der Waals surface area contributed by atoms with Gasteiger partial charge in [0.2, 0.25) is 5.91 Å². The van der Waals surface area contributed by atoms with Crippen molar-refractivity contribution in [1.29, 1.82) is 0 Å². The van der Waals surface area contributed by atoms with Crippen LogP contribution in [0.1, 0.15) is 25.3 Å². The summed E-state index contributed by atoms with van der Waals surface area (Å²) in [6, 6.07) is 3.52. The molecule has 16 heavy (non-hydrogen) atoms. The first-order chi connectivity index (χ1) is 7.49. The van der Waals surface area contributed by atoms with E-state index in [2.05, 4.69) is 5.32 Å². The van der Waals surface area contributed by atoms with Crippen molar-refractivity contribution in [3.05, 3.63) is 35.4 Å². The Bertz CT molecular complexity index is 401. The Morgan fingerprint density at radius 3 is 2.38 bits per heavy atom. The van der Waals surface area contributed by atoms with Crippen LogP contribution in [-0.4, -0.2) is 12.5 Å². The molecule has 0 spiro atoms. The van der Waals surface area contributed by atoms with E-state index in [1.807, 2.05) is 6.92 Å². The second-order valence-electron chi connectivity index (χ2n) is 4.50. The molecule has 86 valence electrons. The zero-order valence-corrected chi connectivity index (χ0v) is 9.02. The van der Waals surface area contributed by atoms with Gasteiger partial charge in [-0.3, -0.25) is 4.79 Å². The number of hydrogen-bond acceptors (Lipinski definition) is 1. The molecule has 4 heteroatoms. The molecular weight excluding hydrogens is 212 g/mol. The standard InChI is InChI=1S/C12H13F2NO/c1-12(3-2-11(16)15-7-12)8-4-9(13)6-10(14)5-8/h4-6H,2-3,7H2,1H3,(H,15,16). The highest BCUT2D eigenvalue weighted by atomic mass is 19.1. The van der Waals surface area contributed by atoms with Crippen LogP contribution in [-0.2, 0) is 10.2 Å². The van der Waals surface area contributed by atoms with Gasteiger partial charge < -0.3 is 5.32 Å². The van der Waals surface area contributed by atoms with E-state index in [4.69, 9.17) is 0 Å². The highest BCUT2D eigenvalue weighted by molar-refractivity contribution is 5.77. The summed E-state index contributed by atoms with van der Waals surface area (Å²) in [5.74, 6) is -1.16. The van der Waals surface area contributed by atoms with E-state index in [-0.39, 0.29) is 11.3 Å². The van der Waals surface area contributed by atoms with Crippen molar-refractivity contribution in [2.45, 2.75) is 25.2 Å². The minimum Gasteiger partial charge on any atom is -0.355 e. The lowest BCUT2D eigenvalue weighted by molar-refractivity contribution is -0.123. The lowest BCUT2D eigenvalue weighted by atomic mass is 9.76. The van der Waals surface area contributed by atoms with Gasteiger partial charge in [-0.15, -0.1) is 0 Å². The number of piperidine rings is 1. The molecule has 0 bridgehead atoms. The van der Waals surface area contributed by atoms with Crippen molar-refractivity contribution in [2.24, 2.45) is 0 Å². The van der Waals surface area contributed by atoms with E-state index in [0.717, 1.165) is 6.07 Å². The summed E-state index contributed by atoms with van der Waals surface area (Å²) in [7, 11) is 0. The number of benzene rings is 1. The first-order valence-electron chi connectivity index (χ1n) is 5.23. The molecule has 1 unspecified atom stereocenters. The first kappa shape index (κ1) is 11.0. The number of nitrogens with one attached hydrogen (secondary N) is 1. The molecule has 0 aromatic heterocycles. The Kier molecular flexibility index (Phi) is 2.66. The number of carbonyl (C=O) groups is 1. The van der Waals surface area contributed by atoms with Crippen LogP contribution < -0.4 is 5.32 Å². The molecule has 1 fully saturated rings. The quantitative estimate of drug-likeness (QED) is 0.779. The van der Waals surface area contributed by atoms with Crippen LogP contribution in [0.4, 0.5) is 8.78 Å². The molecule has 1 heterocycles. The monoisotopic (exact) mass is 225 g/mol. The lowest BCUT2D eigenvalue weighted by Crippen LogP contribution is -2.44. The zero-order valence-electron chi connectivity index (χ0n) is 9.02. The highest BCUT2D eigenvalue weighted by Gasteiger charge is 2.32. The minimum atomic E-state index is -0.576. The van der Waals surface area contributed by atoms with E-state index >= 15 is 0 Å². The number of halogens is 2. The van der Waals surface area contributed by atoms with Crippen LogP contribution in [0.15, 0.2) is 18.2 Å². The molecule has 1 aliphatic heterocycles. The maximum atomic E-state index is 13.1. The summed E-state index contributed by atoms with van der Waals surface area (Å²) >= 11 is 0. The Hall–Kier alpha value is -1.45. The SMILES string of the molecule is CC1(c2cc(F)cc(F)c2)CCC(=O)NC1. The molecule has 1 N–H and O–H groups in total. The zero-order chi connectivity index (χ0) is 11.8. The predicted octanol–water partition coefficient (Wildman–Crippen LogP) is 2.13. The van der Waals surface area contributed by atoms with Gasteiger partial charge in [0, 0.05) is 24.4 Å². The molecule has 1 aliphatic rings. The van der Waals surface area contributed by atoms with Crippen LogP contribution in [0.3, 0.4) is 0 Å². The molecular formula is C12H13F2NO. The Morgan fingerprint density at radius 2 is 1.88 bits per heavy atom. The van der Waals surface area contributed by atoms with Crippen molar-refractivity contribution in [3.63, 3.8) is 0 Å². The molecule has 1 amide bonds. The van der Waals surface area contributed by atoms with Gasteiger partial charge in [0.15, 0.2) is 0 Å². The Morgan fingerprint density at radius 1 is 1.25 bits per heavy atom. The Labute approximate surface area is 92.7 Å². The molecule has 1 atom stereocenters. The van der Waals surface area contributed by atoms with Gasteiger partial charge in [-0.25, -0.2) is 8.78 Å². The van der Waals surface area contributed by atoms with Gasteiger partial charge in [0.25, 0.3) is 0 Å². The van der Waals surface area contributed by atoms with Gasteiger partial charge in [0.05, 0.1) is 0 Å². The number of rotatable bonds is 1. The topological polar surface area (TPSA) is 29.1 Å². The average Bonchev–Trinajstić information content (AvgIpc) is 2.21. The molecule has 0 radical (unpaired) electrons. The smallest absolute Gasteiger partial charge is 0.220 e. The molecule has 2 rings (SSSR count). The average molecular weight is 225 g/mol. The fourth-order valence-corrected chi connectivity index (χ4v) is 2.01. The molecule has 2 nitrogen and oxygen atoms in total. The van der Waals surface area contributed by atoms with E-state index in [1.165, 1.54) is 12.1 Å². The van der Waals surface area contributed by atoms with Gasteiger partial charge in [-0.05, 0) is 24.1 Å². The summed E-state index contributed by atoms with van der Waals surface area (Å²) in [6.07, 6.45) is 1.01. The second kappa shape index (κ2) is 3.85. The molecule has 0 saturated carbocycles. The summed E-state index contributed by atoms with van der Waals surface area (Å²) < 4.78 is 26.2. The number of carbonyl (C=O) groups excluding carboxylic acids is 1. The molecule has 1 aromatic rings. The van der Waals surface area contributed by atoms with E-state index in [0.29, 0.717) is 24.9 Å². The van der Waals surface area contributed by atoms with Crippen molar-refractivity contribution >= 4 is 5.91 Å². The summed E-state index contributed by atoms with van der Waals surface area (Å²) in [5.41, 5.74) is 0.224. The lowest BCUT2D eigenvalue weighted by Gasteiger charge is -2.34. The van der Waals surface area contributed by atoms with Gasteiger partial charge in [0.1, 0.15) is 11.6 Å². The minimum absolute atomic E-state index is 0.00523. The normalized spacial score (nSPS) is 25.3. The Balaban J connectivity index is 2.32. The van der Waals surface area contributed by atoms with Crippen LogP contribution in [0.25, 0.3) is 0 Å². The molecule has 0 aliphatic carbocycles. The van der Waals surface area contributed by atoms with Crippen LogP contribution in [0.2, 0.25) is 0 Å². The van der Waals surface area contributed by atoms with Gasteiger partial charge >= 0.3 is 0 Å². The third kappa shape index (κ3) is 2.05. The molecule has 1 aromatic carbocycles. The van der Waals surface area contributed by atoms with Crippen molar-refractivity contribution in [2.75, 3.05) is 6.54 Å². The van der Waals surface area contributed by atoms with E-state index < -0.39 is 11.6 Å². The summed E-state index contributed by atoms with van der Waals surface area (Å²) in [6.45, 7) is 2.33. The van der Waals surface area contributed by atoms with E-state index in [1.54, 1.807) is 0 Å². The second-order valence-corrected chi connectivity index (χ2v) is 4.50. The largest absolute Gasteiger partial charge is 0.355 e. The van der Waals surface area contributed by atoms with Crippen LogP contribution in [0, 0.1) is 11.6 Å². The number of amides is 1. The first-order valence-corrected chi connectivity index (χ1v) is 5.23.